The second kappa shape index (κ2) is 6.98. The zero-order valence-electron chi connectivity index (χ0n) is 9.37. The van der Waals surface area contributed by atoms with E-state index in [2.05, 4.69) is 10.6 Å². The van der Waals surface area contributed by atoms with Gasteiger partial charge in [0.1, 0.15) is 6.29 Å². The van der Waals surface area contributed by atoms with E-state index in [1.165, 1.54) is 6.92 Å². The third kappa shape index (κ3) is 6.65. The molecule has 0 bridgehead atoms. The van der Waals surface area contributed by atoms with Crippen molar-refractivity contribution >= 4 is 18.1 Å². The molecule has 2 N–H and O–H groups in total. The van der Waals surface area contributed by atoms with Crippen LogP contribution in [0, 0.1) is 5.92 Å². The van der Waals surface area contributed by atoms with E-state index in [-0.39, 0.29) is 17.7 Å². The molecule has 0 aromatic carbocycles. The Balaban J connectivity index is 3.77. The number of hydrogen-bond donors (Lipinski definition) is 2. The maximum Gasteiger partial charge on any atom is 0.222 e. The second-order valence-corrected chi connectivity index (χ2v) is 3.68. The van der Waals surface area contributed by atoms with Crippen LogP contribution in [0.1, 0.15) is 27.2 Å². The standard InChI is InChI=1S/C10H18N2O3/c1-7(2)10(15)11-5-4-9(6-13)12-8(3)14/h6-7,9H,4-5H2,1-3H3,(H,11,15)(H,12,14). The molecule has 5 heteroatoms. The van der Waals surface area contributed by atoms with Crippen molar-refractivity contribution in [1.29, 1.82) is 0 Å². The van der Waals surface area contributed by atoms with E-state index < -0.39 is 6.04 Å². The molecule has 0 saturated heterocycles. The average molecular weight is 214 g/mol. The summed E-state index contributed by atoms with van der Waals surface area (Å²) in [5.41, 5.74) is 0. The minimum atomic E-state index is -0.519. The summed E-state index contributed by atoms with van der Waals surface area (Å²) in [7, 11) is 0. The van der Waals surface area contributed by atoms with Gasteiger partial charge in [0.05, 0.1) is 6.04 Å². The average Bonchev–Trinajstić information content (AvgIpc) is 2.15. The van der Waals surface area contributed by atoms with Gasteiger partial charge < -0.3 is 15.4 Å². The van der Waals surface area contributed by atoms with Crippen LogP contribution >= 0.6 is 0 Å². The smallest absolute Gasteiger partial charge is 0.222 e. The Bertz CT molecular complexity index is 239. The molecule has 2 amide bonds. The summed E-state index contributed by atoms with van der Waals surface area (Å²) in [6.07, 6.45) is 1.09. The number of hydrogen-bond acceptors (Lipinski definition) is 3. The first-order chi connectivity index (χ1) is 6.97. The number of nitrogens with one attached hydrogen (secondary N) is 2. The van der Waals surface area contributed by atoms with E-state index in [9.17, 15) is 14.4 Å². The third-order valence-corrected chi connectivity index (χ3v) is 1.83. The van der Waals surface area contributed by atoms with Gasteiger partial charge in [0.2, 0.25) is 11.8 Å². The topological polar surface area (TPSA) is 75.3 Å². The van der Waals surface area contributed by atoms with Crippen LogP contribution in [0.3, 0.4) is 0 Å². The summed E-state index contributed by atoms with van der Waals surface area (Å²) < 4.78 is 0. The van der Waals surface area contributed by atoms with Crippen molar-refractivity contribution in [3.63, 3.8) is 0 Å². The molecular weight excluding hydrogens is 196 g/mol. The van der Waals surface area contributed by atoms with Crippen molar-refractivity contribution in [1.82, 2.24) is 10.6 Å². The van der Waals surface area contributed by atoms with E-state index in [1.807, 2.05) is 0 Å². The van der Waals surface area contributed by atoms with Crippen molar-refractivity contribution in [3.8, 4) is 0 Å². The van der Waals surface area contributed by atoms with Crippen LogP contribution in [-0.4, -0.2) is 30.7 Å². The zero-order valence-corrected chi connectivity index (χ0v) is 9.37. The predicted molar refractivity (Wildman–Crippen MR) is 56.1 cm³/mol. The molecule has 1 atom stereocenters. The van der Waals surface area contributed by atoms with Gasteiger partial charge >= 0.3 is 0 Å². The van der Waals surface area contributed by atoms with Crippen LogP contribution in [0.25, 0.3) is 0 Å². The van der Waals surface area contributed by atoms with Crippen molar-refractivity contribution in [2.45, 2.75) is 33.2 Å². The Kier molecular flexibility index (Phi) is 6.33. The number of carbonyl (C=O) groups excluding carboxylic acids is 3. The number of aldehydes is 1. The molecule has 0 heterocycles. The number of amides is 2. The fourth-order valence-electron chi connectivity index (χ4n) is 0.990. The largest absolute Gasteiger partial charge is 0.356 e. The van der Waals surface area contributed by atoms with Crippen LogP contribution in [-0.2, 0) is 14.4 Å². The molecule has 5 nitrogen and oxygen atoms in total. The highest BCUT2D eigenvalue weighted by molar-refractivity contribution is 5.78. The molecule has 0 rings (SSSR count). The predicted octanol–water partition coefficient (Wildman–Crippen LogP) is -0.148. The summed E-state index contributed by atoms with van der Waals surface area (Å²) in [6.45, 7) is 5.32. The van der Waals surface area contributed by atoms with Gasteiger partial charge in [-0.05, 0) is 6.42 Å². The molecule has 0 aliphatic rings. The van der Waals surface area contributed by atoms with Gasteiger partial charge in [-0.1, -0.05) is 13.8 Å². The lowest BCUT2D eigenvalue weighted by atomic mass is 10.2. The molecule has 0 aromatic heterocycles. The molecule has 86 valence electrons. The summed E-state index contributed by atoms with van der Waals surface area (Å²) in [4.78, 5) is 32.3. The Labute approximate surface area is 89.6 Å². The molecule has 0 saturated carbocycles. The van der Waals surface area contributed by atoms with Crippen LogP contribution in [0.5, 0.6) is 0 Å². The van der Waals surface area contributed by atoms with E-state index in [0.29, 0.717) is 19.3 Å². The van der Waals surface area contributed by atoms with Gasteiger partial charge in [-0.3, -0.25) is 9.59 Å². The molecule has 0 radical (unpaired) electrons. The summed E-state index contributed by atoms with van der Waals surface area (Å²) in [6, 6.07) is -0.519. The Morgan fingerprint density at radius 3 is 2.33 bits per heavy atom. The van der Waals surface area contributed by atoms with E-state index in [1.54, 1.807) is 13.8 Å². The molecule has 0 aliphatic carbocycles. The van der Waals surface area contributed by atoms with E-state index in [0.717, 1.165) is 0 Å². The highest BCUT2D eigenvalue weighted by Gasteiger charge is 2.10. The van der Waals surface area contributed by atoms with Crippen molar-refractivity contribution in [2.75, 3.05) is 6.54 Å². The highest BCUT2D eigenvalue weighted by atomic mass is 16.2. The van der Waals surface area contributed by atoms with Crippen molar-refractivity contribution in [2.24, 2.45) is 5.92 Å². The SMILES string of the molecule is CC(=O)NC(C=O)CCNC(=O)C(C)C. The molecule has 15 heavy (non-hydrogen) atoms. The molecule has 1 unspecified atom stereocenters. The van der Waals surface area contributed by atoms with E-state index >= 15 is 0 Å². The molecule has 0 aliphatic heterocycles. The minimum Gasteiger partial charge on any atom is -0.356 e. The number of rotatable bonds is 6. The molecule has 0 aromatic rings. The van der Waals surface area contributed by atoms with Crippen molar-refractivity contribution < 1.29 is 14.4 Å². The number of carbonyl (C=O) groups is 3. The van der Waals surface area contributed by atoms with Crippen LogP contribution in [0.15, 0.2) is 0 Å². The van der Waals surface area contributed by atoms with Crippen LogP contribution in [0.4, 0.5) is 0 Å². The fraction of sp³-hybridized carbons (Fsp3) is 0.700. The fourth-order valence-corrected chi connectivity index (χ4v) is 0.990. The lowest BCUT2D eigenvalue weighted by Crippen LogP contribution is -2.38. The molecule has 0 spiro atoms. The monoisotopic (exact) mass is 214 g/mol. The minimum absolute atomic E-state index is 0.0533. The zero-order chi connectivity index (χ0) is 11.8. The highest BCUT2D eigenvalue weighted by Crippen LogP contribution is 1.92. The van der Waals surface area contributed by atoms with Crippen LogP contribution < -0.4 is 10.6 Å². The Morgan fingerprint density at radius 1 is 1.33 bits per heavy atom. The quantitative estimate of drug-likeness (QED) is 0.604. The first-order valence-corrected chi connectivity index (χ1v) is 4.97. The van der Waals surface area contributed by atoms with Gasteiger partial charge in [0, 0.05) is 19.4 Å². The van der Waals surface area contributed by atoms with Gasteiger partial charge in [-0.15, -0.1) is 0 Å². The third-order valence-electron chi connectivity index (χ3n) is 1.83. The first kappa shape index (κ1) is 13.6. The Hall–Kier alpha value is -1.39. The first-order valence-electron chi connectivity index (χ1n) is 4.97. The lowest BCUT2D eigenvalue weighted by Gasteiger charge is -2.12. The van der Waals surface area contributed by atoms with Crippen LogP contribution in [0.2, 0.25) is 0 Å². The lowest BCUT2D eigenvalue weighted by molar-refractivity contribution is -0.124. The van der Waals surface area contributed by atoms with E-state index in [4.69, 9.17) is 0 Å². The second-order valence-electron chi connectivity index (χ2n) is 3.68. The summed E-state index contributed by atoms with van der Waals surface area (Å²) in [5.74, 6) is -0.370. The molecular formula is C10H18N2O3. The van der Waals surface area contributed by atoms with Gasteiger partial charge in [0.15, 0.2) is 0 Å². The Morgan fingerprint density at radius 2 is 1.93 bits per heavy atom. The maximum atomic E-state index is 11.1. The summed E-state index contributed by atoms with van der Waals surface area (Å²) in [5, 5.41) is 5.15. The van der Waals surface area contributed by atoms with Gasteiger partial charge in [-0.2, -0.15) is 0 Å². The maximum absolute atomic E-state index is 11.1. The normalized spacial score (nSPS) is 12.0. The molecule has 0 fully saturated rings. The summed E-state index contributed by atoms with van der Waals surface area (Å²) >= 11 is 0. The van der Waals surface area contributed by atoms with Gasteiger partial charge in [0.25, 0.3) is 0 Å². The van der Waals surface area contributed by atoms with Crippen molar-refractivity contribution in [3.05, 3.63) is 0 Å². The van der Waals surface area contributed by atoms with Gasteiger partial charge in [-0.25, -0.2) is 0 Å².